The molecule has 1 aliphatic heterocycles. The number of hydrogen-bond donors (Lipinski definition) is 1. The largest absolute Gasteiger partial charge is 0.309 e. The summed E-state index contributed by atoms with van der Waals surface area (Å²) in [6.07, 6.45) is 0.921. The molecule has 2 aromatic rings. The van der Waals surface area contributed by atoms with Crippen LogP contribution in [0, 0.1) is 0 Å². The second-order valence-corrected chi connectivity index (χ2v) is 8.25. The van der Waals surface area contributed by atoms with Crippen LogP contribution in [0.1, 0.15) is 18.9 Å². The summed E-state index contributed by atoms with van der Waals surface area (Å²) in [5.74, 6) is -0.0868. The third-order valence-electron chi connectivity index (χ3n) is 4.23. The van der Waals surface area contributed by atoms with Gasteiger partial charge in [-0.25, -0.2) is 13.1 Å². The first kappa shape index (κ1) is 17.9. The first-order valence-electron chi connectivity index (χ1n) is 8.04. The molecule has 0 aliphatic carbocycles. The van der Waals surface area contributed by atoms with E-state index in [2.05, 4.69) is 4.72 Å². The quantitative estimate of drug-likeness (QED) is 0.869. The first-order valence-corrected chi connectivity index (χ1v) is 9.90. The Kier molecular flexibility index (Phi) is 5.13. The van der Waals surface area contributed by atoms with Crippen LogP contribution in [-0.4, -0.2) is 26.9 Å². The number of sulfonamides is 1. The van der Waals surface area contributed by atoms with Gasteiger partial charge in [-0.3, -0.25) is 4.79 Å². The molecule has 0 spiro atoms. The Hall–Kier alpha value is -1.89. The maximum atomic E-state index is 12.6. The summed E-state index contributed by atoms with van der Waals surface area (Å²) in [4.78, 5) is 14.4. The Morgan fingerprint density at radius 1 is 1.20 bits per heavy atom. The fourth-order valence-corrected chi connectivity index (χ4v) is 4.21. The van der Waals surface area contributed by atoms with Crippen molar-refractivity contribution < 1.29 is 13.2 Å². The minimum absolute atomic E-state index is 0.0508. The maximum Gasteiger partial charge on any atom is 0.240 e. The average Bonchev–Trinajstić information content (AvgIpc) is 2.90. The van der Waals surface area contributed by atoms with E-state index in [1.165, 1.54) is 24.3 Å². The van der Waals surface area contributed by atoms with E-state index in [1.807, 2.05) is 31.2 Å². The number of anilines is 1. The number of rotatable bonds is 5. The second-order valence-electron chi connectivity index (χ2n) is 6.05. The molecule has 0 aromatic heterocycles. The minimum atomic E-state index is -3.65. The molecule has 0 saturated heterocycles. The van der Waals surface area contributed by atoms with Crippen molar-refractivity contribution >= 4 is 33.2 Å². The predicted molar refractivity (Wildman–Crippen MR) is 98.4 cm³/mol. The van der Waals surface area contributed by atoms with Gasteiger partial charge in [0.25, 0.3) is 0 Å². The molecule has 0 fully saturated rings. The van der Waals surface area contributed by atoms with Gasteiger partial charge in [0.15, 0.2) is 0 Å². The minimum Gasteiger partial charge on any atom is -0.309 e. The fourth-order valence-electron chi connectivity index (χ4n) is 3.06. The standard InChI is InChI=1S/C18H19ClN2O3S/c1-13-12-14-4-2-3-5-17(14)21(13)18(22)10-11-20-25(23,24)16-8-6-15(19)7-9-16/h2-9,13,20H,10-12H2,1H3. The van der Waals surface area contributed by atoms with E-state index in [-0.39, 0.29) is 29.8 Å². The molecular weight excluding hydrogens is 360 g/mol. The van der Waals surface area contributed by atoms with Gasteiger partial charge in [0.2, 0.25) is 15.9 Å². The Balaban J connectivity index is 1.62. The van der Waals surface area contributed by atoms with Crippen LogP contribution in [0.25, 0.3) is 0 Å². The van der Waals surface area contributed by atoms with Crippen molar-refractivity contribution in [3.8, 4) is 0 Å². The van der Waals surface area contributed by atoms with Crippen molar-refractivity contribution in [3.05, 3.63) is 59.1 Å². The zero-order valence-electron chi connectivity index (χ0n) is 13.8. The van der Waals surface area contributed by atoms with Crippen molar-refractivity contribution in [2.75, 3.05) is 11.4 Å². The molecule has 0 saturated carbocycles. The van der Waals surface area contributed by atoms with Gasteiger partial charge in [0.05, 0.1) is 4.90 Å². The first-order chi connectivity index (χ1) is 11.9. The third-order valence-corrected chi connectivity index (χ3v) is 5.96. The van der Waals surface area contributed by atoms with Gasteiger partial charge in [0.1, 0.15) is 0 Å². The van der Waals surface area contributed by atoms with Gasteiger partial charge in [-0.05, 0) is 49.2 Å². The highest BCUT2D eigenvalue weighted by Crippen LogP contribution is 2.32. The molecule has 132 valence electrons. The molecule has 1 amide bonds. The van der Waals surface area contributed by atoms with Gasteiger partial charge in [0, 0.05) is 29.7 Å². The van der Waals surface area contributed by atoms with Crippen LogP contribution < -0.4 is 9.62 Å². The molecule has 1 heterocycles. The third kappa shape index (κ3) is 3.86. The van der Waals surface area contributed by atoms with Crippen molar-refractivity contribution in [2.45, 2.75) is 30.7 Å². The number of benzene rings is 2. The van der Waals surface area contributed by atoms with Gasteiger partial charge in [-0.15, -0.1) is 0 Å². The van der Waals surface area contributed by atoms with Gasteiger partial charge < -0.3 is 4.90 Å². The molecular formula is C18H19ClN2O3S. The molecule has 5 nitrogen and oxygen atoms in total. The Morgan fingerprint density at radius 2 is 1.88 bits per heavy atom. The molecule has 7 heteroatoms. The van der Waals surface area contributed by atoms with Crippen LogP contribution in [0.5, 0.6) is 0 Å². The van der Waals surface area contributed by atoms with Crippen molar-refractivity contribution in [1.29, 1.82) is 0 Å². The molecule has 1 unspecified atom stereocenters. The monoisotopic (exact) mass is 378 g/mol. The number of halogens is 1. The molecule has 0 bridgehead atoms. The number of hydrogen-bond acceptors (Lipinski definition) is 3. The molecule has 3 rings (SSSR count). The van der Waals surface area contributed by atoms with Crippen molar-refractivity contribution in [3.63, 3.8) is 0 Å². The number of fused-ring (bicyclic) bond motifs is 1. The Bertz CT molecular complexity index is 881. The zero-order valence-corrected chi connectivity index (χ0v) is 15.3. The molecule has 1 atom stereocenters. The van der Waals surface area contributed by atoms with Crippen LogP contribution in [0.4, 0.5) is 5.69 Å². The number of nitrogens with one attached hydrogen (secondary N) is 1. The predicted octanol–water partition coefficient (Wildman–Crippen LogP) is 2.99. The lowest BCUT2D eigenvalue weighted by atomic mass is 10.1. The molecule has 2 aromatic carbocycles. The Morgan fingerprint density at radius 3 is 2.60 bits per heavy atom. The normalized spacial score (nSPS) is 16.7. The summed E-state index contributed by atoms with van der Waals surface area (Å²) < 4.78 is 26.9. The number of carbonyl (C=O) groups excluding carboxylic acids is 1. The van der Waals surface area contributed by atoms with E-state index < -0.39 is 10.0 Å². The van der Waals surface area contributed by atoms with Crippen LogP contribution in [-0.2, 0) is 21.2 Å². The van der Waals surface area contributed by atoms with E-state index >= 15 is 0 Å². The number of para-hydroxylation sites is 1. The topological polar surface area (TPSA) is 66.5 Å². The van der Waals surface area contributed by atoms with Crippen LogP contribution in [0.15, 0.2) is 53.4 Å². The summed E-state index contributed by atoms with van der Waals surface area (Å²) in [6.45, 7) is 2.05. The van der Waals surface area contributed by atoms with Gasteiger partial charge in [-0.1, -0.05) is 29.8 Å². The van der Waals surface area contributed by atoms with E-state index in [4.69, 9.17) is 11.6 Å². The van der Waals surface area contributed by atoms with E-state index in [9.17, 15) is 13.2 Å². The molecule has 25 heavy (non-hydrogen) atoms. The van der Waals surface area contributed by atoms with Crippen LogP contribution in [0.3, 0.4) is 0 Å². The summed E-state index contributed by atoms with van der Waals surface area (Å²) in [5, 5.41) is 0.468. The summed E-state index contributed by atoms with van der Waals surface area (Å²) in [6, 6.07) is 13.8. The number of nitrogens with zero attached hydrogens (tertiary/aromatic N) is 1. The van der Waals surface area contributed by atoms with E-state index in [0.29, 0.717) is 5.02 Å². The molecule has 0 radical (unpaired) electrons. The average molecular weight is 379 g/mol. The van der Waals surface area contributed by atoms with E-state index in [0.717, 1.165) is 17.7 Å². The van der Waals surface area contributed by atoms with Crippen LogP contribution in [0.2, 0.25) is 5.02 Å². The molecule has 1 N–H and O–H groups in total. The van der Waals surface area contributed by atoms with E-state index in [1.54, 1.807) is 4.90 Å². The lowest BCUT2D eigenvalue weighted by molar-refractivity contribution is -0.118. The lowest BCUT2D eigenvalue weighted by Crippen LogP contribution is -2.38. The lowest BCUT2D eigenvalue weighted by Gasteiger charge is -2.22. The highest BCUT2D eigenvalue weighted by molar-refractivity contribution is 7.89. The second kappa shape index (κ2) is 7.15. The molecule has 1 aliphatic rings. The smallest absolute Gasteiger partial charge is 0.240 e. The zero-order chi connectivity index (χ0) is 18.0. The maximum absolute atomic E-state index is 12.6. The number of amides is 1. The van der Waals surface area contributed by atoms with Crippen molar-refractivity contribution in [2.24, 2.45) is 0 Å². The SMILES string of the molecule is CC1Cc2ccccc2N1C(=O)CCNS(=O)(=O)c1ccc(Cl)cc1. The number of carbonyl (C=O) groups is 1. The summed E-state index contributed by atoms with van der Waals surface area (Å²) in [7, 11) is -3.65. The van der Waals surface area contributed by atoms with Gasteiger partial charge >= 0.3 is 0 Å². The summed E-state index contributed by atoms with van der Waals surface area (Å²) >= 11 is 5.77. The fraction of sp³-hybridized carbons (Fsp3) is 0.278. The Labute approximate surface area is 152 Å². The highest BCUT2D eigenvalue weighted by Gasteiger charge is 2.30. The summed E-state index contributed by atoms with van der Waals surface area (Å²) in [5.41, 5.74) is 2.06. The van der Waals surface area contributed by atoms with Gasteiger partial charge in [-0.2, -0.15) is 0 Å². The van der Waals surface area contributed by atoms with Crippen molar-refractivity contribution in [1.82, 2.24) is 4.72 Å². The van der Waals surface area contributed by atoms with Crippen LogP contribution >= 0.6 is 11.6 Å². The highest BCUT2D eigenvalue weighted by atomic mass is 35.5.